The van der Waals surface area contributed by atoms with Gasteiger partial charge in [-0.15, -0.1) is 0 Å². The van der Waals surface area contributed by atoms with Gasteiger partial charge in [-0.25, -0.2) is 0 Å². The first-order valence-corrected chi connectivity index (χ1v) is 6.18. The van der Waals surface area contributed by atoms with Crippen molar-refractivity contribution in [2.24, 2.45) is 0 Å². The van der Waals surface area contributed by atoms with Crippen LogP contribution in [0.3, 0.4) is 0 Å². The number of carbonyl (C=O) groups is 1. The summed E-state index contributed by atoms with van der Waals surface area (Å²) in [6.07, 6.45) is 1.00. The van der Waals surface area contributed by atoms with Gasteiger partial charge in [0.1, 0.15) is 0 Å². The van der Waals surface area contributed by atoms with Gasteiger partial charge < -0.3 is 9.80 Å². The molecule has 1 aromatic rings. The number of rotatable bonds is 1. The maximum absolute atomic E-state index is 12.3. The molecule has 0 bridgehead atoms. The minimum Gasteiger partial charge on any atom is -0.337 e. The van der Waals surface area contributed by atoms with Crippen LogP contribution in [0.15, 0.2) is 24.3 Å². The summed E-state index contributed by atoms with van der Waals surface area (Å²) in [5, 5.41) is 8.85. The van der Waals surface area contributed by atoms with Gasteiger partial charge in [-0.3, -0.25) is 4.79 Å². The van der Waals surface area contributed by atoms with Crippen molar-refractivity contribution in [3.05, 3.63) is 35.4 Å². The molecule has 4 nitrogen and oxygen atoms in total. The topological polar surface area (TPSA) is 47.3 Å². The van der Waals surface area contributed by atoms with Crippen molar-refractivity contribution in [2.45, 2.75) is 6.42 Å². The monoisotopic (exact) mass is 243 g/mol. The van der Waals surface area contributed by atoms with E-state index < -0.39 is 0 Å². The zero-order chi connectivity index (χ0) is 13.0. The van der Waals surface area contributed by atoms with Gasteiger partial charge in [0.25, 0.3) is 5.91 Å². The Hall–Kier alpha value is -1.86. The average molecular weight is 243 g/mol. The van der Waals surface area contributed by atoms with E-state index in [2.05, 4.69) is 18.0 Å². The molecule has 1 heterocycles. The van der Waals surface area contributed by atoms with Crippen LogP contribution >= 0.6 is 0 Å². The fraction of sp³-hybridized carbons (Fsp3) is 0.429. The number of carbonyl (C=O) groups excluding carboxylic acids is 1. The van der Waals surface area contributed by atoms with Crippen LogP contribution in [0, 0.1) is 11.3 Å². The maximum atomic E-state index is 12.3. The fourth-order valence-corrected chi connectivity index (χ4v) is 2.15. The van der Waals surface area contributed by atoms with E-state index in [4.69, 9.17) is 5.26 Å². The lowest BCUT2D eigenvalue weighted by Crippen LogP contribution is -2.34. The average Bonchev–Trinajstić information content (AvgIpc) is 2.63. The van der Waals surface area contributed by atoms with E-state index in [9.17, 15) is 4.79 Å². The van der Waals surface area contributed by atoms with Crippen LogP contribution in [0.25, 0.3) is 0 Å². The first-order valence-electron chi connectivity index (χ1n) is 6.18. The smallest absolute Gasteiger partial charge is 0.253 e. The molecule has 0 atom stereocenters. The van der Waals surface area contributed by atoms with Gasteiger partial charge in [0, 0.05) is 25.2 Å². The molecule has 1 aromatic carbocycles. The highest BCUT2D eigenvalue weighted by Crippen LogP contribution is 2.10. The van der Waals surface area contributed by atoms with Crippen molar-refractivity contribution >= 4 is 5.91 Å². The van der Waals surface area contributed by atoms with Crippen molar-refractivity contribution in [1.82, 2.24) is 9.80 Å². The van der Waals surface area contributed by atoms with Crippen LogP contribution in [0.4, 0.5) is 0 Å². The van der Waals surface area contributed by atoms with Crippen LogP contribution in [0.1, 0.15) is 22.3 Å². The molecule has 0 saturated carbocycles. The molecular formula is C14H17N3O. The molecule has 18 heavy (non-hydrogen) atoms. The minimum atomic E-state index is 0.0300. The maximum Gasteiger partial charge on any atom is 0.253 e. The number of amides is 1. The van der Waals surface area contributed by atoms with Crippen LogP contribution < -0.4 is 0 Å². The van der Waals surface area contributed by atoms with E-state index in [0.717, 1.165) is 32.6 Å². The molecular weight excluding hydrogens is 226 g/mol. The molecule has 0 radical (unpaired) electrons. The van der Waals surface area contributed by atoms with Crippen molar-refractivity contribution in [1.29, 1.82) is 5.26 Å². The summed E-state index contributed by atoms with van der Waals surface area (Å²) in [5.74, 6) is 0.0300. The molecule has 2 rings (SSSR count). The standard InChI is InChI=1S/C14H17N3O/c1-16-6-3-7-17(9-8-16)14(18)13-5-2-4-12(10-13)11-15/h2,4-5,10H,3,6-9H2,1H3. The summed E-state index contributed by atoms with van der Waals surface area (Å²) in [6.45, 7) is 3.48. The molecule has 0 spiro atoms. The molecule has 1 saturated heterocycles. The van der Waals surface area contributed by atoms with Crippen LogP contribution in [-0.4, -0.2) is 48.9 Å². The number of likely N-dealkylation sites (N-methyl/N-ethyl adjacent to an activating group) is 1. The molecule has 0 N–H and O–H groups in total. The lowest BCUT2D eigenvalue weighted by molar-refractivity contribution is 0.0763. The zero-order valence-electron chi connectivity index (χ0n) is 10.6. The quantitative estimate of drug-likeness (QED) is 0.747. The third-order valence-electron chi connectivity index (χ3n) is 3.25. The molecule has 1 fully saturated rings. The van der Waals surface area contributed by atoms with E-state index in [1.165, 1.54) is 0 Å². The highest BCUT2D eigenvalue weighted by atomic mass is 16.2. The molecule has 0 aliphatic carbocycles. The Morgan fingerprint density at radius 3 is 2.89 bits per heavy atom. The van der Waals surface area contributed by atoms with Crippen LogP contribution in [0.5, 0.6) is 0 Å². The van der Waals surface area contributed by atoms with Crippen molar-refractivity contribution in [3.8, 4) is 6.07 Å². The third kappa shape index (κ3) is 2.88. The lowest BCUT2D eigenvalue weighted by Gasteiger charge is -2.20. The van der Waals surface area contributed by atoms with Gasteiger partial charge in [0.2, 0.25) is 0 Å². The fourth-order valence-electron chi connectivity index (χ4n) is 2.15. The van der Waals surface area contributed by atoms with E-state index in [1.54, 1.807) is 24.3 Å². The van der Waals surface area contributed by atoms with Crippen molar-refractivity contribution in [2.75, 3.05) is 33.2 Å². The first-order chi connectivity index (χ1) is 8.70. The predicted octanol–water partition coefficient (Wildman–Crippen LogP) is 1.34. The largest absolute Gasteiger partial charge is 0.337 e. The number of hydrogen-bond donors (Lipinski definition) is 0. The second-order valence-electron chi connectivity index (χ2n) is 4.64. The van der Waals surface area contributed by atoms with Crippen LogP contribution in [0.2, 0.25) is 0 Å². The normalized spacial score (nSPS) is 17.0. The van der Waals surface area contributed by atoms with Gasteiger partial charge in [0.15, 0.2) is 0 Å². The molecule has 1 aliphatic rings. The Labute approximate surface area is 107 Å². The number of nitrogens with zero attached hydrogens (tertiary/aromatic N) is 3. The summed E-state index contributed by atoms with van der Waals surface area (Å²) < 4.78 is 0. The van der Waals surface area contributed by atoms with Gasteiger partial charge >= 0.3 is 0 Å². The Balaban J connectivity index is 2.12. The number of nitriles is 1. The van der Waals surface area contributed by atoms with Gasteiger partial charge in [-0.1, -0.05) is 6.07 Å². The molecule has 0 unspecified atom stereocenters. The second kappa shape index (κ2) is 5.65. The highest BCUT2D eigenvalue weighted by molar-refractivity contribution is 5.94. The summed E-state index contributed by atoms with van der Waals surface area (Å²) >= 11 is 0. The van der Waals surface area contributed by atoms with Crippen molar-refractivity contribution < 1.29 is 4.79 Å². The Morgan fingerprint density at radius 2 is 2.11 bits per heavy atom. The summed E-state index contributed by atoms with van der Waals surface area (Å²) in [7, 11) is 2.07. The van der Waals surface area contributed by atoms with Crippen molar-refractivity contribution in [3.63, 3.8) is 0 Å². The van der Waals surface area contributed by atoms with E-state index in [1.807, 2.05) is 4.90 Å². The number of hydrogen-bond acceptors (Lipinski definition) is 3. The van der Waals surface area contributed by atoms with Gasteiger partial charge in [-0.2, -0.15) is 5.26 Å². The molecule has 1 amide bonds. The highest BCUT2D eigenvalue weighted by Gasteiger charge is 2.18. The first kappa shape index (κ1) is 12.6. The summed E-state index contributed by atoms with van der Waals surface area (Å²) in [5.41, 5.74) is 1.14. The minimum absolute atomic E-state index is 0.0300. The third-order valence-corrected chi connectivity index (χ3v) is 3.25. The Kier molecular flexibility index (Phi) is 3.96. The molecule has 4 heteroatoms. The summed E-state index contributed by atoms with van der Waals surface area (Å²) in [4.78, 5) is 16.4. The Morgan fingerprint density at radius 1 is 1.28 bits per heavy atom. The molecule has 94 valence electrons. The molecule has 1 aliphatic heterocycles. The zero-order valence-corrected chi connectivity index (χ0v) is 10.6. The van der Waals surface area contributed by atoms with E-state index in [0.29, 0.717) is 11.1 Å². The second-order valence-corrected chi connectivity index (χ2v) is 4.64. The SMILES string of the molecule is CN1CCCN(C(=O)c2cccc(C#N)c2)CC1. The number of benzene rings is 1. The predicted molar refractivity (Wildman–Crippen MR) is 69.2 cm³/mol. The Bertz CT molecular complexity index is 478. The summed E-state index contributed by atoms with van der Waals surface area (Å²) in [6, 6.07) is 8.98. The van der Waals surface area contributed by atoms with Crippen LogP contribution in [-0.2, 0) is 0 Å². The van der Waals surface area contributed by atoms with Gasteiger partial charge in [0.05, 0.1) is 11.6 Å². The lowest BCUT2D eigenvalue weighted by atomic mass is 10.1. The van der Waals surface area contributed by atoms with E-state index in [-0.39, 0.29) is 5.91 Å². The van der Waals surface area contributed by atoms with E-state index >= 15 is 0 Å². The van der Waals surface area contributed by atoms with Gasteiger partial charge in [-0.05, 0) is 38.2 Å². The molecule has 0 aromatic heterocycles.